The predicted octanol–water partition coefficient (Wildman–Crippen LogP) is 12.2. The van der Waals surface area contributed by atoms with E-state index in [1.807, 2.05) is 0 Å². The molecule has 0 aliphatic heterocycles. The molecule has 0 aliphatic rings. The zero-order valence-electron chi connectivity index (χ0n) is 25.2. The Kier molecular flexibility index (Phi) is 6.17. The van der Waals surface area contributed by atoms with Gasteiger partial charge in [0.05, 0.1) is 16.7 Å². The summed E-state index contributed by atoms with van der Waals surface area (Å²) >= 11 is 0. The molecule has 0 spiro atoms. The maximum Gasteiger partial charge on any atom is 0.0547 e. The standard InChI is InChI=1S/C44H30N2/c1-3-15-35(16-4-1)45(41-21-11-14-32-12-7-9-19-38(32)41)37-26-22-31(23-27-37)34-25-28-42-40(30-34)44-39-20-10-8-13-33(39)24-29-43(44)46(42)36-17-5-2-6-18-36/h1-30H. The lowest BCUT2D eigenvalue weighted by atomic mass is 9.99. The van der Waals surface area contributed by atoms with Crippen molar-refractivity contribution in [1.29, 1.82) is 0 Å². The molecule has 216 valence electrons. The van der Waals surface area contributed by atoms with Crippen molar-refractivity contribution < 1.29 is 0 Å². The first kappa shape index (κ1) is 26.3. The Balaban J connectivity index is 1.20. The fourth-order valence-electron chi connectivity index (χ4n) is 7.04. The lowest BCUT2D eigenvalue weighted by Crippen LogP contribution is -2.10. The van der Waals surface area contributed by atoms with Crippen LogP contribution in [0.1, 0.15) is 0 Å². The van der Waals surface area contributed by atoms with Crippen molar-refractivity contribution in [1.82, 2.24) is 4.57 Å². The van der Waals surface area contributed by atoms with Gasteiger partial charge in [0.15, 0.2) is 0 Å². The van der Waals surface area contributed by atoms with Crippen molar-refractivity contribution in [2.24, 2.45) is 0 Å². The zero-order valence-corrected chi connectivity index (χ0v) is 25.2. The summed E-state index contributed by atoms with van der Waals surface area (Å²) in [5, 5.41) is 7.55. The molecule has 1 heterocycles. The topological polar surface area (TPSA) is 8.17 Å². The minimum Gasteiger partial charge on any atom is -0.310 e. The van der Waals surface area contributed by atoms with Gasteiger partial charge in [-0.1, -0.05) is 121 Å². The monoisotopic (exact) mass is 586 g/mol. The van der Waals surface area contributed by atoms with Gasteiger partial charge in [0, 0.05) is 33.2 Å². The molecule has 1 aromatic heterocycles. The van der Waals surface area contributed by atoms with Gasteiger partial charge in [-0.2, -0.15) is 0 Å². The predicted molar refractivity (Wildman–Crippen MR) is 196 cm³/mol. The van der Waals surface area contributed by atoms with Crippen molar-refractivity contribution in [2.75, 3.05) is 4.90 Å². The fourth-order valence-corrected chi connectivity index (χ4v) is 7.04. The van der Waals surface area contributed by atoms with Crippen LogP contribution in [0.5, 0.6) is 0 Å². The first-order valence-electron chi connectivity index (χ1n) is 15.8. The first-order chi connectivity index (χ1) is 22.8. The molecule has 0 amide bonds. The maximum absolute atomic E-state index is 2.39. The third-order valence-corrected chi connectivity index (χ3v) is 9.15. The van der Waals surface area contributed by atoms with E-state index in [0.717, 1.165) is 11.4 Å². The Bertz CT molecular complexity index is 2500. The molecule has 2 nitrogen and oxygen atoms in total. The number of para-hydroxylation sites is 2. The first-order valence-corrected chi connectivity index (χ1v) is 15.8. The van der Waals surface area contributed by atoms with Gasteiger partial charge in [-0.15, -0.1) is 0 Å². The van der Waals surface area contributed by atoms with Gasteiger partial charge in [0.25, 0.3) is 0 Å². The Labute approximate surface area is 268 Å². The summed E-state index contributed by atoms with van der Waals surface area (Å²) in [7, 11) is 0. The zero-order chi connectivity index (χ0) is 30.5. The highest BCUT2D eigenvalue weighted by atomic mass is 15.1. The number of rotatable bonds is 5. The van der Waals surface area contributed by atoms with Crippen LogP contribution in [0.15, 0.2) is 182 Å². The van der Waals surface area contributed by atoms with Crippen LogP contribution in [-0.4, -0.2) is 4.57 Å². The number of anilines is 3. The molecule has 2 heteroatoms. The van der Waals surface area contributed by atoms with E-state index in [1.54, 1.807) is 0 Å². The largest absolute Gasteiger partial charge is 0.310 e. The number of nitrogens with zero attached hydrogens (tertiary/aromatic N) is 2. The third-order valence-electron chi connectivity index (χ3n) is 9.15. The van der Waals surface area contributed by atoms with Crippen LogP contribution in [0.2, 0.25) is 0 Å². The van der Waals surface area contributed by atoms with Gasteiger partial charge in [-0.3, -0.25) is 0 Å². The second-order valence-corrected chi connectivity index (χ2v) is 11.8. The number of hydrogen-bond acceptors (Lipinski definition) is 1. The lowest BCUT2D eigenvalue weighted by Gasteiger charge is -2.27. The second-order valence-electron chi connectivity index (χ2n) is 11.8. The average Bonchev–Trinajstić information content (AvgIpc) is 3.47. The highest BCUT2D eigenvalue weighted by molar-refractivity contribution is 6.21. The summed E-state index contributed by atoms with van der Waals surface area (Å²) < 4.78 is 2.39. The minimum absolute atomic E-state index is 1.12. The van der Waals surface area contributed by atoms with E-state index < -0.39 is 0 Å². The van der Waals surface area contributed by atoms with E-state index in [2.05, 4.69) is 191 Å². The number of aromatic nitrogens is 1. The van der Waals surface area contributed by atoms with Gasteiger partial charge in [0.2, 0.25) is 0 Å². The lowest BCUT2D eigenvalue weighted by molar-refractivity contribution is 1.18. The third kappa shape index (κ3) is 4.27. The van der Waals surface area contributed by atoms with Gasteiger partial charge >= 0.3 is 0 Å². The molecule has 0 fully saturated rings. The van der Waals surface area contributed by atoms with Gasteiger partial charge < -0.3 is 9.47 Å². The van der Waals surface area contributed by atoms with E-state index in [9.17, 15) is 0 Å². The fraction of sp³-hybridized carbons (Fsp3) is 0. The maximum atomic E-state index is 2.39. The molecule has 0 saturated heterocycles. The molecule has 46 heavy (non-hydrogen) atoms. The van der Waals surface area contributed by atoms with E-state index in [4.69, 9.17) is 0 Å². The van der Waals surface area contributed by atoms with Crippen molar-refractivity contribution in [2.45, 2.75) is 0 Å². The number of hydrogen-bond donors (Lipinski definition) is 0. The molecule has 0 unspecified atom stereocenters. The van der Waals surface area contributed by atoms with Crippen LogP contribution in [0.3, 0.4) is 0 Å². The summed E-state index contributed by atoms with van der Waals surface area (Å²) in [5.41, 5.74) is 9.43. The Morgan fingerprint density at radius 3 is 1.74 bits per heavy atom. The van der Waals surface area contributed by atoms with Crippen molar-refractivity contribution in [3.8, 4) is 16.8 Å². The Morgan fingerprint density at radius 2 is 0.957 bits per heavy atom. The molecular formula is C44H30N2. The summed E-state index contributed by atoms with van der Waals surface area (Å²) in [5.74, 6) is 0. The SMILES string of the molecule is c1ccc(N(c2ccc(-c3ccc4c(c3)c3c5ccccc5ccc3n4-c3ccccc3)cc2)c2cccc3ccccc23)cc1. The highest BCUT2D eigenvalue weighted by Gasteiger charge is 2.17. The molecule has 0 saturated carbocycles. The Morgan fingerprint density at radius 1 is 0.370 bits per heavy atom. The van der Waals surface area contributed by atoms with E-state index in [-0.39, 0.29) is 0 Å². The van der Waals surface area contributed by atoms with E-state index in [1.165, 1.54) is 65.9 Å². The molecule has 0 bridgehead atoms. The van der Waals surface area contributed by atoms with E-state index >= 15 is 0 Å². The molecule has 9 rings (SSSR count). The van der Waals surface area contributed by atoms with Crippen molar-refractivity contribution in [3.63, 3.8) is 0 Å². The van der Waals surface area contributed by atoms with Crippen LogP contribution >= 0.6 is 0 Å². The summed E-state index contributed by atoms with van der Waals surface area (Å²) in [6.07, 6.45) is 0. The average molecular weight is 587 g/mol. The molecule has 0 N–H and O–H groups in total. The summed E-state index contributed by atoms with van der Waals surface area (Å²) in [4.78, 5) is 2.36. The second kappa shape index (κ2) is 10.8. The van der Waals surface area contributed by atoms with E-state index in [0.29, 0.717) is 0 Å². The van der Waals surface area contributed by atoms with Crippen LogP contribution in [-0.2, 0) is 0 Å². The summed E-state index contributed by atoms with van der Waals surface area (Å²) in [6, 6.07) is 65.6. The smallest absolute Gasteiger partial charge is 0.0547 e. The number of benzene rings is 8. The van der Waals surface area contributed by atoms with Crippen LogP contribution in [0.4, 0.5) is 17.1 Å². The Hall–Kier alpha value is -6.12. The molecule has 0 radical (unpaired) electrons. The van der Waals surface area contributed by atoms with Crippen LogP contribution in [0.25, 0.3) is 60.2 Å². The normalized spacial score (nSPS) is 11.5. The van der Waals surface area contributed by atoms with Crippen molar-refractivity contribution >= 4 is 60.4 Å². The van der Waals surface area contributed by atoms with Crippen molar-refractivity contribution in [3.05, 3.63) is 182 Å². The molecule has 9 aromatic rings. The van der Waals surface area contributed by atoms with Crippen LogP contribution < -0.4 is 4.90 Å². The molecule has 0 aliphatic carbocycles. The summed E-state index contributed by atoms with van der Waals surface area (Å²) in [6.45, 7) is 0. The van der Waals surface area contributed by atoms with Gasteiger partial charge in [0.1, 0.15) is 0 Å². The quantitative estimate of drug-likeness (QED) is 0.195. The minimum atomic E-state index is 1.12. The van der Waals surface area contributed by atoms with Gasteiger partial charge in [-0.25, -0.2) is 0 Å². The molecular weight excluding hydrogens is 556 g/mol. The van der Waals surface area contributed by atoms with Crippen LogP contribution in [0, 0.1) is 0 Å². The molecule has 0 atom stereocenters. The number of fused-ring (bicyclic) bond motifs is 6. The highest BCUT2D eigenvalue weighted by Crippen LogP contribution is 2.41. The van der Waals surface area contributed by atoms with Gasteiger partial charge in [-0.05, 0) is 87.9 Å². The molecule has 8 aromatic carbocycles.